The van der Waals surface area contributed by atoms with Crippen molar-refractivity contribution in [2.45, 2.75) is 43.0 Å². The van der Waals surface area contributed by atoms with Gasteiger partial charge in [-0.1, -0.05) is 6.42 Å². The van der Waals surface area contributed by atoms with Gasteiger partial charge >= 0.3 is 6.03 Å². The lowest BCUT2D eigenvalue weighted by atomic mass is 10.0. The topological polar surface area (TPSA) is 115 Å². The summed E-state index contributed by atoms with van der Waals surface area (Å²) in [6, 6.07) is 3.76. The highest BCUT2D eigenvalue weighted by molar-refractivity contribution is 8.00. The maximum Gasteiger partial charge on any atom is 0.315 e. The molecule has 3 amide bonds. The summed E-state index contributed by atoms with van der Waals surface area (Å²) >= 11 is 1.89. The predicted octanol–water partition coefficient (Wildman–Crippen LogP) is 2.08. The van der Waals surface area contributed by atoms with Crippen LogP contribution in [0.25, 0.3) is 0 Å². The Bertz CT molecular complexity index is 735. The van der Waals surface area contributed by atoms with Gasteiger partial charge in [-0.2, -0.15) is 11.8 Å². The molecule has 0 aliphatic carbocycles. The second-order valence-electron chi connectivity index (χ2n) is 6.71. The third-order valence-electron chi connectivity index (χ3n) is 4.90. The van der Waals surface area contributed by atoms with Crippen LogP contribution in [-0.2, 0) is 4.79 Å². The van der Waals surface area contributed by atoms with Crippen LogP contribution in [0.4, 0.5) is 16.2 Å². The molecule has 0 saturated carbocycles. The van der Waals surface area contributed by atoms with Crippen molar-refractivity contribution in [3.8, 4) is 11.5 Å². The van der Waals surface area contributed by atoms with Crippen LogP contribution in [-0.4, -0.2) is 41.8 Å². The molecule has 3 heterocycles. The summed E-state index contributed by atoms with van der Waals surface area (Å²) in [6.07, 6.45) is 3.17. The molecule has 10 heteroatoms. The van der Waals surface area contributed by atoms with Crippen LogP contribution in [0.5, 0.6) is 11.5 Å². The molecule has 0 radical (unpaired) electrons. The molecule has 2 fully saturated rings. The van der Waals surface area contributed by atoms with E-state index in [-0.39, 0.29) is 43.2 Å². The van der Waals surface area contributed by atoms with E-state index in [0.717, 1.165) is 25.0 Å². The fourth-order valence-electron chi connectivity index (χ4n) is 3.55. The minimum atomic E-state index is -0.0663. The van der Waals surface area contributed by atoms with Crippen molar-refractivity contribution < 1.29 is 19.1 Å². The van der Waals surface area contributed by atoms with Crippen molar-refractivity contribution in [3.63, 3.8) is 0 Å². The number of nitrogen functional groups attached to an aromatic ring is 1. The second kappa shape index (κ2) is 8.35. The van der Waals surface area contributed by atoms with Crippen LogP contribution < -0.4 is 31.2 Å². The predicted molar refractivity (Wildman–Crippen MR) is 107 cm³/mol. The van der Waals surface area contributed by atoms with Gasteiger partial charge in [0.15, 0.2) is 11.5 Å². The second-order valence-corrected chi connectivity index (χ2v) is 7.98. The van der Waals surface area contributed by atoms with Gasteiger partial charge in [0.1, 0.15) is 0 Å². The number of hydrogen-bond acceptors (Lipinski definition) is 6. The Hall–Kier alpha value is -2.00. The van der Waals surface area contributed by atoms with Crippen LogP contribution in [0.15, 0.2) is 12.1 Å². The summed E-state index contributed by atoms with van der Waals surface area (Å²) in [5.41, 5.74) is 6.95. The largest absolute Gasteiger partial charge is 0.454 e. The first-order valence-corrected chi connectivity index (χ1v) is 9.82. The van der Waals surface area contributed by atoms with Crippen molar-refractivity contribution in [2.24, 2.45) is 0 Å². The Morgan fingerprint density at radius 3 is 2.85 bits per heavy atom. The molecule has 0 bridgehead atoms. The van der Waals surface area contributed by atoms with Crippen LogP contribution in [0.2, 0.25) is 0 Å². The first-order valence-electron chi connectivity index (χ1n) is 8.78. The van der Waals surface area contributed by atoms with Gasteiger partial charge in [0.05, 0.1) is 23.5 Å². The van der Waals surface area contributed by atoms with Gasteiger partial charge in [-0.05, 0) is 12.8 Å². The van der Waals surface area contributed by atoms with Crippen molar-refractivity contribution in [1.82, 2.24) is 10.6 Å². The molecule has 1 aromatic rings. The molecule has 5 N–H and O–H groups in total. The van der Waals surface area contributed by atoms with Gasteiger partial charge in [0.2, 0.25) is 12.7 Å². The fourth-order valence-corrected chi connectivity index (χ4v) is 5.10. The van der Waals surface area contributed by atoms with E-state index in [0.29, 0.717) is 34.5 Å². The van der Waals surface area contributed by atoms with E-state index in [2.05, 4.69) is 16.0 Å². The highest BCUT2D eigenvalue weighted by Crippen LogP contribution is 2.38. The van der Waals surface area contributed by atoms with Crippen LogP contribution in [0.1, 0.15) is 25.7 Å². The monoisotopic (exact) mass is 414 g/mol. The summed E-state index contributed by atoms with van der Waals surface area (Å²) in [6.45, 7) is 0.170. The molecule has 3 atom stereocenters. The number of unbranched alkanes of at least 4 members (excludes halogenated alkanes) is 1. The number of urea groups is 1. The molecule has 4 rings (SSSR count). The molecule has 3 aliphatic heterocycles. The number of anilines is 2. The lowest BCUT2D eigenvalue weighted by Crippen LogP contribution is -2.36. The zero-order valence-electron chi connectivity index (χ0n) is 14.7. The zero-order valence-corrected chi connectivity index (χ0v) is 16.3. The quantitative estimate of drug-likeness (QED) is 0.322. The van der Waals surface area contributed by atoms with Gasteiger partial charge in [-0.15, -0.1) is 12.4 Å². The number of nitrogens with one attached hydrogen (secondary N) is 3. The highest BCUT2D eigenvalue weighted by Gasteiger charge is 2.42. The smallest absolute Gasteiger partial charge is 0.315 e. The number of thioether (sulfide) groups is 1. The average Bonchev–Trinajstić information content (AvgIpc) is 3.28. The number of carbonyl (C=O) groups excluding carboxylic acids is 2. The number of hydrogen-bond donors (Lipinski definition) is 4. The summed E-state index contributed by atoms with van der Waals surface area (Å²) in [5.74, 6) is 2.08. The van der Waals surface area contributed by atoms with Gasteiger partial charge in [-0.3, -0.25) is 4.79 Å². The Labute approximate surface area is 167 Å². The van der Waals surface area contributed by atoms with Gasteiger partial charge in [0.25, 0.3) is 0 Å². The number of halogens is 1. The first kappa shape index (κ1) is 19.8. The Morgan fingerprint density at radius 1 is 1.26 bits per heavy atom. The summed E-state index contributed by atoms with van der Waals surface area (Å²) < 4.78 is 10.6. The molecule has 27 heavy (non-hydrogen) atoms. The Balaban J connectivity index is 0.00000210. The van der Waals surface area contributed by atoms with E-state index in [1.807, 2.05) is 11.8 Å². The molecule has 2 saturated heterocycles. The van der Waals surface area contributed by atoms with Crippen LogP contribution >= 0.6 is 24.2 Å². The van der Waals surface area contributed by atoms with E-state index >= 15 is 0 Å². The van der Waals surface area contributed by atoms with Crippen molar-refractivity contribution in [3.05, 3.63) is 12.1 Å². The fraction of sp³-hybridized carbons (Fsp3) is 0.529. The van der Waals surface area contributed by atoms with E-state index in [1.54, 1.807) is 12.1 Å². The van der Waals surface area contributed by atoms with Gasteiger partial charge in [0, 0.05) is 29.6 Å². The number of nitrogens with two attached hydrogens (primary N) is 1. The molecule has 0 spiro atoms. The number of carbonyl (C=O) groups is 2. The minimum Gasteiger partial charge on any atom is -0.454 e. The van der Waals surface area contributed by atoms with Gasteiger partial charge < -0.3 is 31.2 Å². The lowest BCUT2D eigenvalue weighted by molar-refractivity contribution is -0.116. The van der Waals surface area contributed by atoms with E-state index < -0.39 is 0 Å². The number of ether oxygens (including phenoxy) is 2. The van der Waals surface area contributed by atoms with Crippen LogP contribution in [0, 0.1) is 0 Å². The summed E-state index contributed by atoms with van der Waals surface area (Å²) in [4.78, 5) is 23.6. The van der Waals surface area contributed by atoms with Gasteiger partial charge in [-0.25, -0.2) is 4.79 Å². The number of amides is 3. The number of benzene rings is 1. The normalized spacial score (nSPS) is 24.6. The SMILES string of the molecule is Cl.Nc1cc2c(cc1NC(=O)CCCC[C@@H]1SC[C@@H]3NC(=O)N[C@@H]31)OCO2. The third kappa shape index (κ3) is 4.30. The van der Waals surface area contributed by atoms with Crippen molar-refractivity contribution in [2.75, 3.05) is 23.6 Å². The Morgan fingerprint density at radius 2 is 2.04 bits per heavy atom. The molecule has 1 aromatic carbocycles. The first-order chi connectivity index (χ1) is 12.6. The van der Waals surface area contributed by atoms with Crippen molar-refractivity contribution in [1.29, 1.82) is 0 Å². The molecule has 0 aromatic heterocycles. The maximum atomic E-state index is 12.2. The molecule has 8 nitrogen and oxygen atoms in total. The summed E-state index contributed by atoms with van der Waals surface area (Å²) in [5, 5.41) is 9.19. The Kier molecular flexibility index (Phi) is 6.11. The molecule has 3 aliphatic rings. The highest BCUT2D eigenvalue weighted by atomic mass is 35.5. The molecule has 0 unspecified atom stereocenters. The molecule has 148 valence electrons. The zero-order chi connectivity index (χ0) is 18.1. The average molecular weight is 415 g/mol. The summed E-state index contributed by atoms with van der Waals surface area (Å²) in [7, 11) is 0. The molecular formula is C17H23ClN4O4S. The maximum absolute atomic E-state index is 12.2. The van der Waals surface area contributed by atoms with E-state index in [4.69, 9.17) is 15.2 Å². The number of rotatable bonds is 6. The van der Waals surface area contributed by atoms with Crippen LogP contribution in [0.3, 0.4) is 0 Å². The minimum absolute atomic E-state index is 0. The standard InChI is InChI=1S/C17H22N4O4S.ClH/c18-9-5-12-13(25-8-24-12)6-10(9)19-15(22)4-2-1-3-14-16-11(7-26-14)20-17(23)21-16;/h5-6,11,14,16H,1-4,7-8,18H2,(H,19,22)(H2,20,21,23);1H/t11-,14-,16-;/m0./s1. The third-order valence-corrected chi connectivity index (χ3v) is 6.41. The number of fused-ring (bicyclic) bond motifs is 2. The lowest BCUT2D eigenvalue weighted by Gasteiger charge is -2.16. The van der Waals surface area contributed by atoms with E-state index in [1.165, 1.54) is 0 Å². The van der Waals surface area contributed by atoms with Crippen molar-refractivity contribution >= 4 is 47.5 Å². The van der Waals surface area contributed by atoms with E-state index in [9.17, 15) is 9.59 Å². The molecular weight excluding hydrogens is 392 g/mol.